The van der Waals surface area contributed by atoms with E-state index in [-0.39, 0.29) is 18.5 Å². The van der Waals surface area contributed by atoms with Crippen LogP contribution in [0.15, 0.2) is 30.3 Å². The Labute approximate surface area is 135 Å². The maximum Gasteiger partial charge on any atom is 0.129 e. The lowest BCUT2D eigenvalue weighted by atomic mass is 10.1. The fraction of sp³-hybridized carbons (Fsp3) is 0.333. The van der Waals surface area contributed by atoms with E-state index in [1.807, 2.05) is 19.9 Å². The van der Waals surface area contributed by atoms with Gasteiger partial charge >= 0.3 is 0 Å². The number of benzene rings is 1. The molecule has 118 valence electrons. The van der Waals surface area contributed by atoms with E-state index in [9.17, 15) is 4.39 Å². The average molecular weight is 311 g/mol. The number of hydrogen-bond acceptors (Lipinski definition) is 4. The highest BCUT2D eigenvalue weighted by Gasteiger charge is 2.29. The molecular weight excluding hydrogens is 293 g/mol. The molecule has 1 aromatic carbocycles. The van der Waals surface area contributed by atoms with Crippen LogP contribution in [0.3, 0.4) is 0 Å². The number of aryl methyl sites for hydroxylation is 2. The quantitative estimate of drug-likeness (QED) is 0.870. The molecule has 0 atom stereocenters. The number of ether oxygens (including phenoxy) is 1. The summed E-state index contributed by atoms with van der Waals surface area (Å²) >= 11 is 0. The summed E-state index contributed by atoms with van der Waals surface area (Å²) in [6.07, 6.45) is 0.0765. The van der Waals surface area contributed by atoms with Crippen LogP contribution in [-0.2, 0) is 11.3 Å². The monoisotopic (exact) mass is 311 g/mol. The second-order valence-electron chi connectivity index (χ2n) is 5.80. The first-order valence-corrected chi connectivity index (χ1v) is 7.56. The van der Waals surface area contributed by atoms with Crippen molar-refractivity contribution in [3.05, 3.63) is 58.5 Å². The minimum absolute atomic E-state index is 0.0765. The summed E-state index contributed by atoms with van der Waals surface area (Å²) in [6.45, 7) is 5.51. The summed E-state index contributed by atoms with van der Waals surface area (Å²) in [5.74, 6) is 0.633. The van der Waals surface area contributed by atoms with Crippen LogP contribution in [0.4, 0.5) is 10.2 Å². The third kappa shape index (κ3) is 3.17. The number of rotatable bonds is 4. The number of hydrogen-bond donors (Lipinski definition) is 0. The molecule has 4 nitrogen and oxygen atoms in total. The van der Waals surface area contributed by atoms with Crippen LogP contribution in [-0.4, -0.2) is 24.2 Å². The van der Waals surface area contributed by atoms with E-state index in [4.69, 9.17) is 10.00 Å². The zero-order valence-electron chi connectivity index (χ0n) is 13.2. The maximum atomic E-state index is 13.5. The van der Waals surface area contributed by atoms with Crippen LogP contribution >= 0.6 is 0 Å². The number of aromatic nitrogens is 1. The standard InChI is InChI=1S/C18H18FN3O/c1-12-7-18(21-13(2)16(12)8-20)22-9-15(10-22)23-11-14-5-3-4-6-17(14)19/h3-7,15H,9-11H2,1-2H3. The van der Waals surface area contributed by atoms with Gasteiger partial charge < -0.3 is 9.64 Å². The molecule has 0 amide bonds. The first-order valence-electron chi connectivity index (χ1n) is 7.56. The summed E-state index contributed by atoms with van der Waals surface area (Å²) in [5.41, 5.74) is 2.90. The van der Waals surface area contributed by atoms with E-state index in [0.29, 0.717) is 11.1 Å². The fourth-order valence-electron chi connectivity index (χ4n) is 2.70. The van der Waals surface area contributed by atoms with Crippen molar-refractivity contribution in [2.24, 2.45) is 0 Å². The van der Waals surface area contributed by atoms with Crippen molar-refractivity contribution in [1.29, 1.82) is 5.26 Å². The van der Waals surface area contributed by atoms with Crippen molar-refractivity contribution < 1.29 is 9.13 Å². The van der Waals surface area contributed by atoms with Crippen LogP contribution in [0.1, 0.15) is 22.4 Å². The van der Waals surface area contributed by atoms with Gasteiger partial charge in [-0.1, -0.05) is 18.2 Å². The molecule has 5 heteroatoms. The van der Waals surface area contributed by atoms with Gasteiger partial charge in [0.05, 0.1) is 24.0 Å². The zero-order chi connectivity index (χ0) is 16.4. The summed E-state index contributed by atoms with van der Waals surface area (Å²) in [4.78, 5) is 6.59. The normalized spacial score (nSPS) is 14.4. The van der Waals surface area contributed by atoms with Crippen LogP contribution < -0.4 is 4.90 Å². The lowest BCUT2D eigenvalue weighted by molar-refractivity contribution is 0.0207. The molecule has 2 aromatic rings. The molecule has 1 aromatic heterocycles. The second kappa shape index (κ2) is 6.35. The summed E-state index contributed by atoms with van der Waals surface area (Å²) in [5, 5.41) is 9.09. The molecule has 23 heavy (non-hydrogen) atoms. The summed E-state index contributed by atoms with van der Waals surface area (Å²) in [7, 11) is 0. The van der Waals surface area contributed by atoms with Crippen molar-refractivity contribution in [3.8, 4) is 6.07 Å². The van der Waals surface area contributed by atoms with E-state index in [2.05, 4.69) is 16.0 Å². The Bertz CT molecular complexity index is 740. The first kappa shape index (κ1) is 15.4. The van der Waals surface area contributed by atoms with Crippen molar-refractivity contribution in [3.63, 3.8) is 0 Å². The molecular formula is C18H18FN3O. The molecule has 3 rings (SSSR count). The minimum Gasteiger partial charge on any atom is -0.370 e. The maximum absolute atomic E-state index is 13.5. The lowest BCUT2D eigenvalue weighted by Gasteiger charge is -2.40. The number of halogens is 1. The number of pyridine rings is 1. The smallest absolute Gasteiger partial charge is 0.129 e. The molecule has 0 unspecified atom stereocenters. The fourth-order valence-corrected chi connectivity index (χ4v) is 2.70. The molecule has 2 heterocycles. The van der Waals surface area contributed by atoms with Gasteiger partial charge in [-0.25, -0.2) is 9.37 Å². The van der Waals surface area contributed by atoms with Crippen molar-refractivity contribution >= 4 is 5.82 Å². The van der Waals surface area contributed by atoms with Crippen molar-refractivity contribution in [2.75, 3.05) is 18.0 Å². The van der Waals surface area contributed by atoms with E-state index < -0.39 is 0 Å². The van der Waals surface area contributed by atoms with Crippen LogP contribution in [0, 0.1) is 31.0 Å². The second-order valence-corrected chi connectivity index (χ2v) is 5.80. The van der Waals surface area contributed by atoms with Gasteiger partial charge in [-0.3, -0.25) is 0 Å². The predicted octanol–water partition coefficient (Wildman–Crippen LogP) is 3.11. The largest absolute Gasteiger partial charge is 0.370 e. The molecule has 1 aliphatic rings. The molecule has 0 aliphatic carbocycles. The predicted molar refractivity (Wildman–Crippen MR) is 85.6 cm³/mol. The van der Waals surface area contributed by atoms with Crippen molar-refractivity contribution in [2.45, 2.75) is 26.6 Å². The minimum atomic E-state index is -0.233. The Balaban J connectivity index is 1.57. The zero-order valence-corrected chi connectivity index (χ0v) is 13.2. The molecule has 1 fully saturated rings. The van der Waals surface area contributed by atoms with Crippen LogP contribution in [0.5, 0.6) is 0 Å². The third-order valence-electron chi connectivity index (χ3n) is 4.10. The van der Waals surface area contributed by atoms with E-state index in [1.165, 1.54) is 6.07 Å². The molecule has 0 radical (unpaired) electrons. The molecule has 0 saturated carbocycles. The van der Waals surface area contributed by atoms with Gasteiger partial charge in [0.15, 0.2) is 0 Å². The number of nitriles is 1. The first-order chi connectivity index (χ1) is 11.1. The topological polar surface area (TPSA) is 49.1 Å². The highest BCUT2D eigenvalue weighted by Crippen LogP contribution is 2.24. The molecule has 0 spiro atoms. The van der Waals surface area contributed by atoms with Gasteiger partial charge in [-0.2, -0.15) is 5.26 Å². The Hall–Kier alpha value is -2.45. The lowest BCUT2D eigenvalue weighted by Crippen LogP contribution is -2.52. The Morgan fingerprint density at radius 1 is 1.35 bits per heavy atom. The Morgan fingerprint density at radius 2 is 2.09 bits per heavy atom. The van der Waals surface area contributed by atoms with Crippen LogP contribution in [0.25, 0.3) is 0 Å². The van der Waals surface area contributed by atoms with Gasteiger partial charge in [0.1, 0.15) is 17.7 Å². The molecule has 1 aliphatic heterocycles. The SMILES string of the molecule is Cc1cc(N2CC(OCc3ccccc3F)C2)nc(C)c1C#N. The van der Waals surface area contributed by atoms with E-state index in [0.717, 1.165) is 30.2 Å². The highest BCUT2D eigenvalue weighted by atomic mass is 19.1. The number of nitrogens with zero attached hydrogens (tertiary/aromatic N) is 3. The molecule has 0 bridgehead atoms. The molecule has 0 N–H and O–H groups in total. The number of anilines is 1. The Morgan fingerprint density at radius 3 is 2.74 bits per heavy atom. The van der Waals surface area contributed by atoms with Gasteiger partial charge in [-0.15, -0.1) is 0 Å². The molecule has 1 saturated heterocycles. The van der Waals surface area contributed by atoms with E-state index >= 15 is 0 Å². The highest BCUT2D eigenvalue weighted by molar-refractivity contribution is 5.51. The Kier molecular flexibility index (Phi) is 4.26. The third-order valence-corrected chi connectivity index (χ3v) is 4.10. The van der Waals surface area contributed by atoms with Gasteiger partial charge in [-0.05, 0) is 31.5 Å². The van der Waals surface area contributed by atoms with Gasteiger partial charge in [0.2, 0.25) is 0 Å². The van der Waals surface area contributed by atoms with Gasteiger partial charge in [0.25, 0.3) is 0 Å². The van der Waals surface area contributed by atoms with Crippen molar-refractivity contribution in [1.82, 2.24) is 4.98 Å². The van der Waals surface area contributed by atoms with Gasteiger partial charge in [0, 0.05) is 18.7 Å². The van der Waals surface area contributed by atoms with Crippen LogP contribution in [0.2, 0.25) is 0 Å². The van der Waals surface area contributed by atoms with E-state index in [1.54, 1.807) is 18.2 Å². The summed E-state index contributed by atoms with van der Waals surface area (Å²) in [6, 6.07) is 10.8. The average Bonchev–Trinajstić information content (AvgIpc) is 2.47. The summed E-state index contributed by atoms with van der Waals surface area (Å²) < 4.78 is 19.3.